The molecule has 0 heterocycles. The van der Waals surface area contributed by atoms with Crippen molar-refractivity contribution in [3.05, 3.63) is 0 Å². The normalized spacial score (nSPS) is 30.3. The fourth-order valence-electron chi connectivity index (χ4n) is 2.80. The summed E-state index contributed by atoms with van der Waals surface area (Å²) in [5, 5.41) is 34.9. The Kier molecular flexibility index (Phi) is 7.10. The number of amides is 3. The molecule has 11 nitrogen and oxygen atoms in total. The number of primary amides is 1. The van der Waals surface area contributed by atoms with E-state index in [0.29, 0.717) is 0 Å². The van der Waals surface area contributed by atoms with E-state index in [2.05, 4.69) is 10.6 Å². The highest BCUT2D eigenvalue weighted by atomic mass is 32.2. The zero-order valence-corrected chi connectivity index (χ0v) is 15.3. The molecule has 0 bridgehead atoms. The van der Waals surface area contributed by atoms with Crippen molar-refractivity contribution in [3.63, 3.8) is 0 Å². The second-order valence-corrected chi connectivity index (χ2v) is 8.91. The first-order valence-electron chi connectivity index (χ1n) is 7.89. The van der Waals surface area contributed by atoms with Gasteiger partial charge in [0.15, 0.2) is 0 Å². The first kappa shape index (κ1) is 22.3. The molecule has 1 fully saturated rings. The number of carbonyl (C=O) groups excluding carboxylic acids is 3. The van der Waals surface area contributed by atoms with Crippen LogP contribution in [0.4, 0.5) is 0 Å². The minimum absolute atomic E-state index is 0.281. The van der Waals surface area contributed by atoms with Crippen LogP contribution in [0.25, 0.3) is 0 Å². The summed E-state index contributed by atoms with van der Waals surface area (Å²) in [6.45, 7) is 1.17. The summed E-state index contributed by atoms with van der Waals surface area (Å²) >= 11 is 0. The van der Waals surface area contributed by atoms with E-state index in [0.717, 1.165) is 6.26 Å². The predicted octanol–water partition coefficient (Wildman–Crippen LogP) is -3.86. The fraction of sp³-hybridized carbons (Fsp3) is 0.786. The monoisotopic (exact) mass is 395 g/mol. The van der Waals surface area contributed by atoms with Gasteiger partial charge in [-0.1, -0.05) is 0 Å². The molecule has 3 amide bonds. The molecule has 1 rings (SSSR count). The van der Waals surface area contributed by atoms with Gasteiger partial charge in [0.05, 0.1) is 17.9 Å². The number of nitrogens with one attached hydrogen (secondary N) is 2. The number of nitrogens with two attached hydrogens (primary N) is 1. The average molecular weight is 395 g/mol. The summed E-state index contributed by atoms with van der Waals surface area (Å²) in [4.78, 5) is 35.1. The zero-order valence-electron chi connectivity index (χ0n) is 14.5. The van der Waals surface area contributed by atoms with Crippen LogP contribution in [0.5, 0.6) is 0 Å². The Hall–Kier alpha value is -1.76. The minimum Gasteiger partial charge on any atom is -0.390 e. The number of rotatable bonds is 7. The van der Waals surface area contributed by atoms with Gasteiger partial charge in [-0.05, 0) is 6.42 Å². The second-order valence-electron chi connectivity index (χ2n) is 6.65. The van der Waals surface area contributed by atoms with Crippen LogP contribution in [0.1, 0.15) is 26.2 Å². The summed E-state index contributed by atoms with van der Waals surface area (Å²) in [7, 11) is -3.41. The van der Waals surface area contributed by atoms with Crippen LogP contribution in [-0.2, 0) is 24.2 Å². The zero-order chi connectivity index (χ0) is 20.3. The van der Waals surface area contributed by atoms with Gasteiger partial charge in [0.2, 0.25) is 11.8 Å². The second kappa shape index (κ2) is 8.29. The lowest BCUT2D eigenvalue weighted by molar-refractivity contribution is -0.160. The minimum atomic E-state index is -3.41. The lowest BCUT2D eigenvalue weighted by Gasteiger charge is -2.41. The van der Waals surface area contributed by atoms with Crippen LogP contribution < -0.4 is 16.4 Å². The van der Waals surface area contributed by atoms with Gasteiger partial charge in [-0.3, -0.25) is 14.4 Å². The Morgan fingerprint density at radius 1 is 1.27 bits per heavy atom. The third-order valence-electron chi connectivity index (χ3n) is 4.15. The Bertz CT molecular complexity index is 667. The van der Waals surface area contributed by atoms with Gasteiger partial charge < -0.3 is 31.7 Å². The topological polar surface area (TPSA) is 196 Å². The molecular weight excluding hydrogens is 370 g/mol. The number of hydrogen-bond donors (Lipinski definition) is 6. The largest absolute Gasteiger partial charge is 0.390 e. The summed E-state index contributed by atoms with van der Waals surface area (Å²) < 4.78 is 22.4. The number of aliphatic hydroxyl groups excluding tert-OH is 2. The maximum absolute atomic E-state index is 12.4. The van der Waals surface area contributed by atoms with Crippen molar-refractivity contribution >= 4 is 27.6 Å². The molecule has 0 aliphatic heterocycles. The number of carbonyl (C=O) groups is 3. The van der Waals surface area contributed by atoms with Gasteiger partial charge in [0.1, 0.15) is 27.6 Å². The van der Waals surface area contributed by atoms with E-state index in [1.54, 1.807) is 0 Å². The Balaban J connectivity index is 2.90. The molecule has 5 unspecified atom stereocenters. The van der Waals surface area contributed by atoms with Crippen molar-refractivity contribution in [2.75, 3.05) is 12.0 Å². The van der Waals surface area contributed by atoms with Gasteiger partial charge in [-0.2, -0.15) is 0 Å². The Morgan fingerprint density at radius 3 is 2.31 bits per heavy atom. The van der Waals surface area contributed by atoms with Crippen molar-refractivity contribution in [2.24, 2.45) is 5.73 Å². The molecule has 26 heavy (non-hydrogen) atoms. The summed E-state index contributed by atoms with van der Waals surface area (Å²) in [5.74, 6) is -2.99. The molecule has 1 aliphatic rings. The van der Waals surface area contributed by atoms with Crippen molar-refractivity contribution in [3.8, 4) is 0 Å². The fourth-order valence-corrected chi connectivity index (χ4v) is 3.46. The standard InChI is InChI=1S/C14H25N3O8S/c1-7(18)16-9-5-14(23,6-10(19)11(9)20)13(22)17-8(12(15)21)3-4-26(2,24)25/h8-11,19-20,23H,3-6H2,1-2H3,(H2,15,21)(H,16,18)(H,17,22). The molecule has 1 saturated carbocycles. The van der Waals surface area contributed by atoms with Crippen molar-refractivity contribution < 1.29 is 38.1 Å². The van der Waals surface area contributed by atoms with E-state index in [9.17, 15) is 38.1 Å². The molecule has 0 aromatic rings. The summed E-state index contributed by atoms with van der Waals surface area (Å²) in [6, 6.07) is -2.43. The average Bonchev–Trinajstić information content (AvgIpc) is 2.46. The molecule has 0 spiro atoms. The molecule has 12 heteroatoms. The summed E-state index contributed by atoms with van der Waals surface area (Å²) in [6.07, 6.45) is -3.15. The van der Waals surface area contributed by atoms with E-state index >= 15 is 0 Å². The van der Waals surface area contributed by atoms with Crippen LogP contribution in [-0.4, -0.2) is 83.4 Å². The lowest BCUT2D eigenvalue weighted by Crippen LogP contribution is -2.64. The van der Waals surface area contributed by atoms with Crippen molar-refractivity contribution in [2.45, 2.75) is 56.1 Å². The molecule has 0 aromatic carbocycles. The van der Waals surface area contributed by atoms with E-state index in [4.69, 9.17) is 5.73 Å². The first-order valence-corrected chi connectivity index (χ1v) is 9.95. The molecule has 5 atom stereocenters. The summed E-state index contributed by atoms with van der Waals surface area (Å²) in [5.41, 5.74) is 2.96. The predicted molar refractivity (Wildman–Crippen MR) is 89.3 cm³/mol. The molecule has 0 radical (unpaired) electrons. The van der Waals surface area contributed by atoms with Gasteiger partial charge in [0.25, 0.3) is 5.91 Å². The van der Waals surface area contributed by atoms with Crippen LogP contribution in [0, 0.1) is 0 Å². The van der Waals surface area contributed by atoms with Gasteiger partial charge in [-0.15, -0.1) is 0 Å². The molecule has 1 aliphatic carbocycles. The molecule has 0 aromatic heterocycles. The highest BCUT2D eigenvalue weighted by molar-refractivity contribution is 7.90. The Labute approximate surface area is 150 Å². The maximum Gasteiger partial charge on any atom is 0.252 e. The molecular formula is C14H25N3O8S. The Morgan fingerprint density at radius 2 is 1.85 bits per heavy atom. The highest BCUT2D eigenvalue weighted by Crippen LogP contribution is 2.29. The third kappa shape index (κ3) is 6.20. The van der Waals surface area contributed by atoms with Crippen LogP contribution in [0.3, 0.4) is 0 Å². The lowest BCUT2D eigenvalue weighted by atomic mass is 9.77. The number of sulfone groups is 1. The smallest absolute Gasteiger partial charge is 0.252 e. The molecule has 0 saturated heterocycles. The quantitative estimate of drug-likeness (QED) is 0.252. The van der Waals surface area contributed by atoms with Gasteiger partial charge in [0, 0.05) is 26.0 Å². The van der Waals surface area contributed by atoms with E-state index in [-0.39, 0.29) is 6.42 Å². The van der Waals surface area contributed by atoms with Crippen molar-refractivity contribution in [1.82, 2.24) is 10.6 Å². The third-order valence-corrected chi connectivity index (χ3v) is 5.13. The highest BCUT2D eigenvalue weighted by Gasteiger charge is 2.49. The van der Waals surface area contributed by atoms with E-state index < -0.39 is 76.0 Å². The maximum atomic E-state index is 12.4. The van der Waals surface area contributed by atoms with E-state index in [1.807, 2.05) is 0 Å². The van der Waals surface area contributed by atoms with E-state index in [1.165, 1.54) is 6.92 Å². The van der Waals surface area contributed by atoms with Crippen LogP contribution in [0.15, 0.2) is 0 Å². The SMILES string of the molecule is CC(=O)NC1CC(O)(C(=O)NC(CCS(C)(=O)=O)C(N)=O)CC(O)C1O. The number of aliphatic hydroxyl groups is 3. The van der Waals surface area contributed by atoms with Crippen molar-refractivity contribution in [1.29, 1.82) is 0 Å². The van der Waals surface area contributed by atoms with Crippen LogP contribution in [0.2, 0.25) is 0 Å². The first-order chi connectivity index (χ1) is 11.7. The number of hydrogen-bond acceptors (Lipinski definition) is 8. The van der Waals surface area contributed by atoms with Gasteiger partial charge >= 0.3 is 0 Å². The molecule has 150 valence electrons. The molecule has 7 N–H and O–H groups in total. The van der Waals surface area contributed by atoms with Gasteiger partial charge in [-0.25, -0.2) is 8.42 Å². The van der Waals surface area contributed by atoms with Crippen LogP contribution >= 0.6 is 0 Å².